The van der Waals surface area contributed by atoms with Crippen molar-refractivity contribution in [3.8, 4) is 0 Å². The molecule has 3 aromatic rings. The summed E-state index contributed by atoms with van der Waals surface area (Å²) in [6.45, 7) is 0.313. The minimum absolute atomic E-state index is 0.0651. The summed E-state index contributed by atoms with van der Waals surface area (Å²) >= 11 is 0. The number of nitrogens with zero attached hydrogens (tertiary/aromatic N) is 1. The Labute approximate surface area is 177 Å². The maximum atomic E-state index is 12.9. The molecule has 1 aliphatic heterocycles. The number of hydrogen-bond acceptors (Lipinski definition) is 5. The highest BCUT2D eigenvalue weighted by Gasteiger charge is 2.48. The van der Waals surface area contributed by atoms with Crippen LogP contribution in [0.5, 0.6) is 0 Å². The fourth-order valence-corrected chi connectivity index (χ4v) is 5.57. The molecule has 5 rings (SSSR count). The number of likely N-dealkylation sites (tertiary alicyclic amines) is 1. The molecule has 2 aromatic carbocycles. The largest absolute Gasteiger partial charge is 0.337 e. The average molecular weight is 440 g/mol. The third kappa shape index (κ3) is 3.68. The molecule has 3 unspecified atom stereocenters. The second-order valence-electron chi connectivity index (χ2n) is 8.00. The van der Waals surface area contributed by atoms with E-state index in [1.54, 1.807) is 4.90 Å². The molecule has 160 valence electrons. The summed E-state index contributed by atoms with van der Waals surface area (Å²) in [6.07, 6.45) is 0.972. The fourth-order valence-electron chi connectivity index (χ4n) is 4.31. The Morgan fingerprint density at radius 1 is 1.00 bits per heavy atom. The molecule has 1 saturated carbocycles. The number of H-pyrrole nitrogens is 2. The maximum Gasteiger partial charge on any atom is 0.326 e. The first-order valence-electron chi connectivity index (χ1n) is 9.95. The van der Waals surface area contributed by atoms with E-state index in [4.69, 9.17) is 0 Å². The number of aromatic amines is 2. The van der Waals surface area contributed by atoms with E-state index < -0.39 is 27.3 Å². The van der Waals surface area contributed by atoms with Crippen molar-refractivity contribution >= 4 is 26.8 Å². The van der Waals surface area contributed by atoms with Crippen molar-refractivity contribution in [2.24, 2.45) is 0 Å². The molecular weight excluding hydrogens is 420 g/mol. The van der Waals surface area contributed by atoms with Gasteiger partial charge in [-0.05, 0) is 30.2 Å². The summed E-state index contributed by atoms with van der Waals surface area (Å²) < 4.78 is 28.3. The van der Waals surface area contributed by atoms with Gasteiger partial charge >= 0.3 is 5.69 Å². The minimum Gasteiger partial charge on any atom is -0.337 e. The molecule has 1 amide bonds. The van der Waals surface area contributed by atoms with Crippen LogP contribution in [0, 0.1) is 0 Å². The van der Waals surface area contributed by atoms with Crippen molar-refractivity contribution in [1.82, 2.24) is 19.6 Å². The van der Waals surface area contributed by atoms with E-state index in [0.29, 0.717) is 6.54 Å². The van der Waals surface area contributed by atoms with Crippen LogP contribution in [0.2, 0.25) is 0 Å². The third-order valence-electron chi connectivity index (χ3n) is 5.89. The van der Waals surface area contributed by atoms with Crippen molar-refractivity contribution in [1.29, 1.82) is 0 Å². The van der Waals surface area contributed by atoms with Gasteiger partial charge in [0.25, 0.3) is 5.56 Å². The summed E-state index contributed by atoms with van der Waals surface area (Å²) in [7, 11) is -3.95. The van der Waals surface area contributed by atoms with E-state index in [0.717, 1.165) is 6.42 Å². The molecule has 3 N–H and O–H groups in total. The van der Waals surface area contributed by atoms with Crippen molar-refractivity contribution in [3.05, 3.63) is 74.9 Å². The first-order valence-corrected chi connectivity index (χ1v) is 11.4. The van der Waals surface area contributed by atoms with Gasteiger partial charge in [0.2, 0.25) is 15.9 Å². The van der Waals surface area contributed by atoms with Crippen LogP contribution in [-0.2, 0) is 14.8 Å². The third-order valence-corrected chi connectivity index (χ3v) is 7.40. The summed E-state index contributed by atoms with van der Waals surface area (Å²) in [4.78, 5) is 42.1. The van der Waals surface area contributed by atoms with Crippen LogP contribution in [-0.4, -0.2) is 47.8 Å². The summed E-state index contributed by atoms with van der Waals surface area (Å²) in [5, 5.41) is 0.0651. The molecule has 2 heterocycles. The molecule has 10 heteroatoms. The van der Waals surface area contributed by atoms with Gasteiger partial charge in [0.05, 0.1) is 15.8 Å². The molecule has 3 atom stereocenters. The Hall–Kier alpha value is -3.24. The Kier molecular flexibility index (Phi) is 4.56. The lowest BCUT2D eigenvalue weighted by Crippen LogP contribution is -2.37. The number of benzene rings is 2. The zero-order valence-electron chi connectivity index (χ0n) is 16.4. The number of rotatable bonds is 5. The predicted octanol–water partition coefficient (Wildman–Crippen LogP) is 0.652. The predicted molar refractivity (Wildman–Crippen MR) is 113 cm³/mol. The van der Waals surface area contributed by atoms with Gasteiger partial charge in [0.1, 0.15) is 0 Å². The molecule has 0 spiro atoms. The van der Waals surface area contributed by atoms with Gasteiger partial charge in [-0.3, -0.25) is 14.6 Å². The molecule has 1 saturated heterocycles. The number of nitrogens with one attached hydrogen (secondary N) is 3. The number of carbonyl (C=O) groups is 1. The Bertz CT molecular complexity index is 1400. The Morgan fingerprint density at radius 3 is 2.55 bits per heavy atom. The normalized spacial score (nSPS) is 23.4. The number of carbonyl (C=O) groups excluding carboxylic acids is 1. The van der Waals surface area contributed by atoms with Crippen molar-refractivity contribution < 1.29 is 13.2 Å². The molecule has 31 heavy (non-hydrogen) atoms. The molecule has 2 fully saturated rings. The van der Waals surface area contributed by atoms with E-state index in [1.807, 2.05) is 30.3 Å². The van der Waals surface area contributed by atoms with Gasteiger partial charge in [0, 0.05) is 31.0 Å². The van der Waals surface area contributed by atoms with Crippen molar-refractivity contribution in [2.45, 2.75) is 35.7 Å². The monoisotopic (exact) mass is 440 g/mol. The van der Waals surface area contributed by atoms with E-state index in [2.05, 4.69) is 14.7 Å². The number of hydrogen-bond donors (Lipinski definition) is 3. The smallest absolute Gasteiger partial charge is 0.326 e. The molecule has 9 nitrogen and oxygen atoms in total. The Balaban J connectivity index is 1.32. The average Bonchev–Trinajstić information content (AvgIpc) is 3.44. The minimum atomic E-state index is -3.95. The lowest BCUT2D eigenvalue weighted by molar-refractivity contribution is -0.128. The van der Waals surface area contributed by atoms with Crippen molar-refractivity contribution in [2.75, 3.05) is 6.54 Å². The first kappa shape index (κ1) is 19.7. The number of sulfonamides is 1. The maximum absolute atomic E-state index is 12.9. The van der Waals surface area contributed by atoms with Crippen LogP contribution < -0.4 is 16.0 Å². The molecular formula is C21H20N4O5S. The van der Waals surface area contributed by atoms with Crippen molar-refractivity contribution in [3.63, 3.8) is 0 Å². The lowest BCUT2D eigenvalue weighted by Gasteiger charge is -2.17. The van der Waals surface area contributed by atoms with Crippen LogP contribution in [0.1, 0.15) is 24.3 Å². The number of amides is 1. The second kappa shape index (κ2) is 7.17. The zero-order chi connectivity index (χ0) is 21.8. The summed E-state index contributed by atoms with van der Waals surface area (Å²) in [6, 6.07) is 13.4. The SMILES string of the molecule is O=C1CC(NS(=O)(=O)c2ccc3[nH]c(=O)[nH]c(=O)c3c2)CN1C1CC1c1ccccc1. The fraction of sp³-hybridized carbons (Fsp3) is 0.286. The topological polar surface area (TPSA) is 132 Å². The highest BCUT2D eigenvalue weighted by atomic mass is 32.2. The van der Waals surface area contributed by atoms with E-state index in [1.165, 1.54) is 23.8 Å². The van der Waals surface area contributed by atoms with E-state index >= 15 is 0 Å². The highest BCUT2D eigenvalue weighted by Crippen LogP contribution is 2.46. The highest BCUT2D eigenvalue weighted by molar-refractivity contribution is 7.89. The lowest BCUT2D eigenvalue weighted by atomic mass is 10.1. The zero-order valence-corrected chi connectivity index (χ0v) is 17.2. The van der Waals surface area contributed by atoms with Gasteiger partial charge in [0.15, 0.2) is 0 Å². The molecule has 0 bridgehead atoms. The van der Waals surface area contributed by atoms with Crippen LogP contribution in [0.4, 0.5) is 0 Å². The van der Waals surface area contributed by atoms with E-state index in [-0.39, 0.29) is 40.1 Å². The van der Waals surface area contributed by atoms with Crippen LogP contribution >= 0.6 is 0 Å². The summed E-state index contributed by atoms with van der Waals surface area (Å²) in [5.74, 6) is 0.221. The first-order chi connectivity index (χ1) is 14.8. The second-order valence-corrected chi connectivity index (χ2v) is 9.72. The molecule has 1 aromatic heterocycles. The van der Waals surface area contributed by atoms with Gasteiger partial charge in [-0.25, -0.2) is 17.9 Å². The quantitative estimate of drug-likeness (QED) is 0.536. The number of aromatic nitrogens is 2. The van der Waals surface area contributed by atoms with Gasteiger partial charge in [-0.15, -0.1) is 0 Å². The van der Waals surface area contributed by atoms with E-state index in [9.17, 15) is 22.8 Å². The van der Waals surface area contributed by atoms with Crippen LogP contribution in [0.3, 0.4) is 0 Å². The summed E-state index contributed by atoms with van der Waals surface area (Å²) in [5.41, 5.74) is 0.0998. The van der Waals surface area contributed by atoms with Gasteiger partial charge < -0.3 is 9.88 Å². The number of fused-ring (bicyclic) bond motifs is 1. The van der Waals surface area contributed by atoms with Crippen LogP contribution in [0.15, 0.2) is 63.0 Å². The molecule has 0 radical (unpaired) electrons. The molecule has 1 aliphatic carbocycles. The van der Waals surface area contributed by atoms with Gasteiger partial charge in [-0.2, -0.15) is 0 Å². The van der Waals surface area contributed by atoms with Crippen LogP contribution in [0.25, 0.3) is 10.9 Å². The standard InChI is InChI=1S/C21H20N4O5S/c26-19-8-13(11-25(19)18-10-15(18)12-4-2-1-3-5-12)24-31(29,30)14-6-7-17-16(9-14)20(27)23-21(28)22-17/h1-7,9,13,15,18,24H,8,10-11H2,(H2,22,23,27,28). The van der Waals surface area contributed by atoms with Gasteiger partial charge in [-0.1, -0.05) is 30.3 Å². The molecule has 2 aliphatic rings. The Morgan fingerprint density at radius 2 is 1.77 bits per heavy atom.